The van der Waals surface area contributed by atoms with Gasteiger partial charge in [-0.1, -0.05) is 13.3 Å². The quantitative estimate of drug-likeness (QED) is 0.453. The SMILES string of the molecule is CCCC[C@H]1CN(/N=C/c2ccc([N+](=O)[O-])o2)C(=O)O1. The number of unbranched alkanes of at least 4 members (excludes halogenated alkanes) is 1. The lowest BCUT2D eigenvalue weighted by atomic mass is 10.2. The van der Waals surface area contributed by atoms with Gasteiger partial charge >= 0.3 is 12.0 Å². The first-order valence-electron chi connectivity index (χ1n) is 6.36. The molecule has 0 N–H and O–H groups in total. The minimum absolute atomic E-state index is 0.148. The Labute approximate surface area is 115 Å². The topological polar surface area (TPSA) is 98.2 Å². The number of carbonyl (C=O) groups excluding carboxylic acids is 1. The zero-order valence-electron chi connectivity index (χ0n) is 11.0. The van der Waals surface area contributed by atoms with Gasteiger partial charge in [-0.25, -0.2) is 4.79 Å². The third kappa shape index (κ3) is 3.34. The summed E-state index contributed by atoms with van der Waals surface area (Å²) in [5.41, 5.74) is 0. The van der Waals surface area contributed by atoms with Crippen molar-refractivity contribution in [2.75, 3.05) is 6.54 Å². The van der Waals surface area contributed by atoms with Crippen LogP contribution in [0.5, 0.6) is 0 Å². The van der Waals surface area contributed by atoms with Crippen molar-refractivity contribution in [3.63, 3.8) is 0 Å². The summed E-state index contributed by atoms with van der Waals surface area (Å²) < 4.78 is 10.0. The molecule has 0 saturated carbocycles. The van der Waals surface area contributed by atoms with E-state index >= 15 is 0 Å². The van der Waals surface area contributed by atoms with E-state index in [0.717, 1.165) is 19.3 Å². The number of hydrogen-bond donors (Lipinski definition) is 0. The van der Waals surface area contributed by atoms with Gasteiger partial charge in [0.15, 0.2) is 5.76 Å². The van der Waals surface area contributed by atoms with Crippen LogP contribution in [-0.2, 0) is 4.74 Å². The maximum absolute atomic E-state index is 11.5. The van der Waals surface area contributed by atoms with Gasteiger partial charge in [-0.2, -0.15) is 10.1 Å². The van der Waals surface area contributed by atoms with Gasteiger partial charge in [0.1, 0.15) is 11.0 Å². The Morgan fingerprint density at radius 1 is 1.60 bits per heavy atom. The molecule has 1 fully saturated rings. The number of nitrogens with zero attached hydrogens (tertiary/aromatic N) is 3. The smallest absolute Gasteiger partial charge is 0.433 e. The Kier molecular flexibility index (Phi) is 4.34. The second-order valence-corrected chi connectivity index (χ2v) is 4.41. The summed E-state index contributed by atoms with van der Waals surface area (Å²) in [7, 11) is 0. The number of furan rings is 1. The number of rotatable bonds is 6. The summed E-state index contributed by atoms with van der Waals surface area (Å²) in [4.78, 5) is 21.3. The van der Waals surface area contributed by atoms with Crippen molar-refractivity contribution >= 4 is 18.2 Å². The standard InChI is InChI=1S/C12H15N3O5/c1-2-3-4-10-8-14(12(16)20-10)13-7-9-5-6-11(19-9)15(17)18/h5-7,10H,2-4,8H2,1H3/b13-7+/t10-/m0/s1. The fraction of sp³-hybridized carbons (Fsp3) is 0.500. The molecule has 8 nitrogen and oxygen atoms in total. The van der Waals surface area contributed by atoms with E-state index in [1.54, 1.807) is 0 Å². The second kappa shape index (κ2) is 6.18. The number of amides is 1. The molecule has 2 rings (SSSR count). The fourth-order valence-electron chi connectivity index (χ4n) is 1.82. The van der Waals surface area contributed by atoms with Crippen LogP contribution in [-0.4, -0.2) is 34.9 Å². The van der Waals surface area contributed by atoms with E-state index in [-0.39, 0.29) is 17.7 Å². The third-order valence-corrected chi connectivity index (χ3v) is 2.85. The summed E-state index contributed by atoms with van der Waals surface area (Å²) in [6.45, 7) is 2.45. The van der Waals surface area contributed by atoms with Crippen LogP contribution in [0.25, 0.3) is 0 Å². The van der Waals surface area contributed by atoms with Gasteiger partial charge in [-0.15, -0.1) is 0 Å². The van der Waals surface area contributed by atoms with Crippen LogP contribution in [0.2, 0.25) is 0 Å². The van der Waals surface area contributed by atoms with E-state index in [1.807, 2.05) is 0 Å². The van der Waals surface area contributed by atoms with Crippen LogP contribution in [0.1, 0.15) is 31.9 Å². The molecule has 0 unspecified atom stereocenters. The van der Waals surface area contributed by atoms with Crippen LogP contribution >= 0.6 is 0 Å². The van der Waals surface area contributed by atoms with Gasteiger partial charge in [0, 0.05) is 0 Å². The van der Waals surface area contributed by atoms with Crippen molar-refractivity contribution in [1.82, 2.24) is 5.01 Å². The van der Waals surface area contributed by atoms with Gasteiger partial charge in [0.25, 0.3) is 0 Å². The Hall–Kier alpha value is -2.38. The van der Waals surface area contributed by atoms with E-state index in [9.17, 15) is 14.9 Å². The molecule has 1 saturated heterocycles. The highest BCUT2D eigenvalue weighted by molar-refractivity contribution is 5.78. The van der Waals surface area contributed by atoms with E-state index in [1.165, 1.54) is 23.4 Å². The van der Waals surface area contributed by atoms with Crippen LogP contribution in [0.15, 0.2) is 21.7 Å². The number of hydrogen-bond acceptors (Lipinski definition) is 6. The molecule has 0 radical (unpaired) electrons. The van der Waals surface area contributed by atoms with Crippen molar-refractivity contribution in [2.24, 2.45) is 5.10 Å². The predicted molar refractivity (Wildman–Crippen MR) is 69.5 cm³/mol. The monoisotopic (exact) mass is 281 g/mol. The lowest BCUT2D eigenvalue weighted by molar-refractivity contribution is -0.402. The maximum atomic E-state index is 11.5. The van der Waals surface area contributed by atoms with Crippen molar-refractivity contribution < 1.29 is 18.9 Å². The van der Waals surface area contributed by atoms with Crippen LogP contribution < -0.4 is 0 Å². The van der Waals surface area contributed by atoms with Crippen molar-refractivity contribution in [1.29, 1.82) is 0 Å². The van der Waals surface area contributed by atoms with Crippen molar-refractivity contribution in [3.05, 3.63) is 28.0 Å². The number of nitro groups is 1. The highest BCUT2D eigenvalue weighted by atomic mass is 16.6. The molecule has 108 valence electrons. The van der Waals surface area contributed by atoms with Crippen LogP contribution in [0.3, 0.4) is 0 Å². The first kappa shape index (κ1) is 14.0. The van der Waals surface area contributed by atoms with Gasteiger partial charge in [-0.3, -0.25) is 10.1 Å². The highest BCUT2D eigenvalue weighted by Gasteiger charge is 2.30. The molecule has 1 aromatic rings. The lowest BCUT2D eigenvalue weighted by Crippen LogP contribution is -2.19. The van der Waals surface area contributed by atoms with E-state index in [2.05, 4.69) is 12.0 Å². The first-order chi connectivity index (χ1) is 9.60. The maximum Gasteiger partial charge on any atom is 0.433 e. The van der Waals surface area contributed by atoms with Gasteiger partial charge < -0.3 is 9.15 Å². The third-order valence-electron chi connectivity index (χ3n) is 2.85. The molecule has 1 aliphatic rings. The van der Waals surface area contributed by atoms with Crippen molar-refractivity contribution in [2.45, 2.75) is 32.3 Å². The number of ether oxygens (including phenoxy) is 1. The molecule has 1 aliphatic heterocycles. The molecular formula is C12H15N3O5. The summed E-state index contributed by atoms with van der Waals surface area (Å²) in [5, 5.41) is 15.6. The average molecular weight is 281 g/mol. The first-order valence-corrected chi connectivity index (χ1v) is 6.36. The molecule has 1 aromatic heterocycles. The van der Waals surface area contributed by atoms with Crippen LogP contribution in [0.4, 0.5) is 10.7 Å². The molecule has 0 bridgehead atoms. The molecule has 1 atom stereocenters. The Balaban J connectivity index is 1.93. The Morgan fingerprint density at radius 3 is 3.05 bits per heavy atom. The molecule has 0 spiro atoms. The summed E-state index contributed by atoms with van der Waals surface area (Å²) in [5.74, 6) is -0.155. The minimum Gasteiger partial charge on any atom is -0.443 e. The van der Waals surface area contributed by atoms with Gasteiger partial charge in [0.2, 0.25) is 0 Å². The Bertz CT molecular complexity index is 525. The van der Waals surface area contributed by atoms with Gasteiger partial charge in [-0.05, 0) is 18.9 Å². The fourth-order valence-corrected chi connectivity index (χ4v) is 1.82. The van der Waals surface area contributed by atoms with Crippen LogP contribution in [0, 0.1) is 10.1 Å². The number of cyclic esters (lactones) is 1. The molecule has 1 amide bonds. The predicted octanol–water partition coefficient (Wildman–Crippen LogP) is 2.53. The highest BCUT2D eigenvalue weighted by Crippen LogP contribution is 2.18. The summed E-state index contributed by atoms with van der Waals surface area (Å²) >= 11 is 0. The zero-order chi connectivity index (χ0) is 14.5. The summed E-state index contributed by atoms with van der Waals surface area (Å²) in [6, 6.07) is 2.64. The zero-order valence-corrected chi connectivity index (χ0v) is 11.0. The Morgan fingerprint density at radius 2 is 2.40 bits per heavy atom. The van der Waals surface area contributed by atoms with E-state index in [0.29, 0.717) is 6.54 Å². The molecule has 0 aliphatic carbocycles. The minimum atomic E-state index is -0.637. The molecule has 0 aromatic carbocycles. The summed E-state index contributed by atoms with van der Waals surface area (Å²) in [6.07, 6.45) is 3.43. The number of carbonyl (C=O) groups is 1. The average Bonchev–Trinajstić information content (AvgIpc) is 3.01. The van der Waals surface area contributed by atoms with E-state index < -0.39 is 11.0 Å². The molecular weight excluding hydrogens is 266 g/mol. The second-order valence-electron chi connectivity index (χ2n) is 4.41. The van der Waals surface area contributed by atoms with Gasteiger partial charge in [0.05, 0.1) is 18.8 Å². The molecule has 2 heterocycles. The normalized spacial score (nSPS) is 18.8. The molecule has 8 heteroatoms. The van der Waals surface area contributed by atoms with E-state index in [4.69, 9.17) is 9.15 Å². The van der Waals surface area contributed by atoms with Crippen molar-refractivity contribution in [3.8, 4) is 0 Å². The number of hydrazone groups is 1. The molecule has 20 heavy (non-hydrogen) atoms. The lowest BCUT2D eigenvalue weighted by Gasteiger charge is -2.05. The largest absolute Gasteiger partial charge is 0.443 e.